The average Bonchev–Trinajstić information content (AvgIpc) is 2.32. The molecule has 0 unspecified atom stereocenters. The largest absolute Gasteiger partial charge is 0.289 e. The summed E-state index contributed by atoms with van der Waals surface area (Å²) in [6.45, 7) is 1.90. The third-order valence-electron chi connectivity index (χ3n) is 2.54. The van der Waals surface area contributed by atoms with E-state index in [1.54, 1.807) is 24.3 Å². The highest BCUT2D eigenvalue weighted by molar-refractivity contribution is 6.07. The highest BCUT2D eigenvalue weighted by atomic mass is 16.5. The number of benzene rings is 1. The van der Waals surface area contributed by atoms with Crippen LogP contribution in [-0.2, 0) is 4.79 Å². The number of rotatable bonds is 2. The molecular weight excluding hydrogens is 214 g/mol. The fourth-order valence-electron chi connectivity index (χ4n) is 1.61. The topological polar surface area (TPSA) is 40.5 Å². The monoisotopic (exact) mass is 227 g/mol. The minimum absolute atomic E-state index is 0.111. The molecule has 0 spiro atoms. The van der Waals surface area contributed by atoms with Gasteiger partial charge in [0.25, 0.3) is 0 Å². The summed E-state index contributed by atoms with van der Waals surface area (Å²) < 4.78 is 0. The van der Waals surface area contributed by atoms with Gasteiger partial charge in [-0.25, -0.2) is 5.06 Å². The van der Waals surface area contributed by atoms with Crippen LogP contribution in [0.25, 0.3) is 0 Å². The van der Waals surface area contributed by atoms with Crippen LogP contribution < -0.4 is 5.06 Å². The van der Waals surface area contributed by atoms with Crippen LogP contribution in [0.15, 0.2) is 60.3 Å². The number of ketones is 1. The Hall–Kier alpha value is -2.13. The van der Waals surface area contributed by atoms with Crippen molar-refractivity contribution in [1.82, 2.24) is 0 Å². The van der Waals surface area contributed by atoms with Crippen LogP contribution >= 0.6 is 0 Å². The number of anilines is 1. The Labute approximate surface area is 99.9 Å². The van der Waals surface area contributed by atoms with E-state index in [4.69, 9.17) is 0 Å². The Morgan fingerprint density at radius 1 is 1.18 bits per heavy atom. The normalized spacial score (nSPS) is 16.6. The first-order chi connectivity index (χ1) is 8.18. The Kier molecular flexibility index (Phi) is 3.21. The zero-order chi connectivity index (χ0) is 12.3. The summed E-state index contributed by atoms with van der Waals surface area (Å²) in [4.78, 5) is 11.5. The molecule has 0 amide bonds. The minimum atomic E-state index is -0.111. The molecule has 0 aliphatic heterocycles. The number of hydroxylamine groups is 1. The summed E-state index contributed by atoms with van der Waals surface area (Å²) in [5.41, 5.74) is 2.06. The standard InChI is InChI=1S/C14H13NO2/c1-11-6-2-4-8-13(11)15(17)10-12-7-3-5-9-14(12)16/h2-10,17H,1H3/b12-10-. The number of hydrogen-bond acceptors (Lipinski definition) is 3. The molecule has 0 radical (unpaired) electrons. The highest BCUT2D eigenvalue weighted by Gasteiger charge is 2.09. The molecule has 0 saturated heterocycles. The van der Waals surface area contributed by atoms with Crippen molar-refractivity contribution in [3.05, 3.63) is 65.9 Å². The quantitative estimate of drug-likeness (QED) is 0.624. The first-order valence-corrected chi connectivity index (χ1v) is 5.33. The summed E-state index contributed by atoms with van der Waals surface area (Å²) in [7, 11) is 0. The third-order valence-corrected chi connectivity index (χ3v) is 2.54. The fraction of sp³-hybridized carbons (Fsp3) is 0.0714. The van der Waals surface area contributed by atoms with Gasteiger partial charge in [-0.15, -0.1) is 0 Å². The Morgan fingerprint density at radius 2 is 1.88 bits per heavy atom. The molecule has 0 atom stereocenters. The number of aryl methyl sites for hydroxylation is 1. The molecule has 1 N–H and O–H groups in total. The van der Waals surface area contributed by atoms with Crippen molar-refractivity contribution in [2.75, 3.05) is 5.06 Å². The molecule has 2 rings (SSSR count). The molecule has 1 aromatic carbocycles. The molecule has 1 aliphatic carbocycles. The lowest BCUT2D eigenvalue weighted by Crippen LogP contribution is -2.14. The van der Waals surface area contributed by atoms with Gasteiger partial charge in [0.05, 0.1) is 5.69 Å². The molecule has 0 fully saturated rings. The first kappa shape index (κ1) is 11.4. The number of carbonyl (C=O) groups is 1. The number of carbonyl (C=O) groups excluding carboxylic acids is 1. The highest BCUT2D eigenvalue weighted by Crippen LogP contribution is 2.19. The number of hydrogen-bond donors (Lipinski definition) is 1. The van der Waals surface area contributed by atoms with Crippen molar-refractivity contribution >= 4 is 11.5 Å². The van der Waals surface area contributed by atoms with Gasteiger partial charge in [-0.05, 0) is 30.7 Å². The second-order valence-corrected chi connectivity index (χ2v) is 3.80. The van der Waals surface area contributed by atoms with Crippen molar-refractivity contribution < 1.29 is 10.0 Å². The Balaban J connectivity index is 2.28. The smallest absolute Gasteiger partial charge is 0.187 e. The van der Waals surface area contributed by atoms with Gasteiger partial charge in [-0.2, -0.15) is 0 Å². The zero-order valence-electron chi connectivity index (χ0n) is 9.50. The first-order valence-electron chi connectivity index (χ1n) is 5.33. The van der Waals surface area contributed by atoms with Gasteiger partial charge in [0.15, 0.2) is 5.78 Å². The molecule has 3 nitrogen and oxygen atoms in total. The van der Waals surface area contributed by atoms with Crippen LogP contribution in [0.3, 0.4) is 0 Å². The van der Waals surface area contributed by atoms with Gasteiger partial charge in [0.2, 0.25) is 0 Å². The minimum Gasteiger partial charge on any atom is -0.289 e. The van der Waals surface area contributed by atoms with E-state index >= 15 is 0 Å². The molecule has 1 aromatic rings. The molecule has 86 valence electrons. The maximum atomic E-state index is 11.5. The number of allylic oxidation sites excluding steroid dienone is 5. The SMILES string of the molecule is Cc1ccccc1N(O)/C=C1/C=CC=CC1=O. The predicted molar refractivity (Wildman–Crippen MR) is 66.8 cm³/mol. The van der Waals surface area contributed by atoms with E-state index in [1.807, 2.05) is 25.1 Å². The van der Waals surface area contributed by atoms with E-state index in [1.165, 1.54) is 12.3 Å². The number of nitrogens with zero attached hydrogens (tertiary/aromatic N) is 1. The Bertz CT molecular complexity index is 527. The lowest BCUT2D eigenvalue weighted by atomic mass is 10.1. The van der Waals surface area contributed by atoms with Crippen LogP contribution in [0.5, 0.6) is 0 Å². The maximum Gasteiger partial charge on any atom is 0.187 e. The van der Waals surface area contributed by atoms with Gasteiger partial charge < -0.3 is 0 Å². The summed E-state index contributed by atoms with van der Waals surface area (Å²) in [6.07, 6.45) is 8.00. The van der Waals surface area contributed by atoms with E-state index in [2.05, 4.69) is 0 Å². The molecule has 0 bridgehead atoms. The summed E-state index contributed by atoms with van der Waals surface area (Å²) in [5, 5.41) is 10.9. The second kappa shape index (κ2) is 4.80. The zero-order valence-corrected chi connectivity index (χ0v) is 9.50. The van der Waals surface area contributed by atoms with E-state index in [0.717, 1.165) is 10.6 Å². The van der Waals surface area contributed by atoms with Crippen molar-refractivity contribution in [1.29, 1.82) is 0 Å². The van der Waals surface area contributed by atoms with Crippen LogP contribution in [0, 0.1) is 6.92 Å². The second-order valence-electron chi connectivity index (χ2n) is 3.80. The summed E-state index contributed by atoms with van der Waals surface area (Å²) >= 11 is 0. The molecule has 17 heavy (non-hydrogen) atoms. The van der Waals surface area contributed by atoms with Crippen molar-refractivity contribution in [3.8, 4) is 0 Å². The van der Waals surface area contributed by atoms with Gasteiger partial charge in [0, 0.05) is 11.8 Å². The van der Waals surface area contributed by atoms with Crippen LogP contribution in [-0.4, -0.2) is 11.0 Å². The molecular formula is C14H13NO2. The summed E-state index contributed by atoms with van der Waals surface area (Å²) in [6, 6.07) is 7.42. The molecule has 0 aromatic heterocycles. The van der Waals surface area contributed by atoms with Crippen LogP contribution in [0.2, 0.25) is 0 Å². The third kappa shape index (κ3) is 2.52. The van der Waals surface area contributed by atoms with E-state index in [-0.39, 0.29) is 5.78 Å². The molecule has 0 saturated carbocycles. The van der Waals surface area contributed by atoms with E-state index in [0.29, 0.717) is 11.3 Å². The van der Waals surface area contributed by atoms with E-state index < -0.39 is 0 Å². The lowest BCUT2D eigenvalue weighted by Gasteiger charge is -2.15. The Morgan fingerprint density at radius 3 is 2.59 bits per heavy atom. The van der Waals surface area contributed by atoms with Gasteiger partial charge in [-0.3, -0.25) is 10.0 Å². The molecule has 1 aliphatic rings. The van der Waals surface area contributed by atoms with Gasteiger partial charge in [0.1, 0.15) is 0 Å². The van der Waals surface area contributed by atoms with Gasteiger partial charge in [-0.1, -0.05) is 30.4 Å². The summed E-state index contributed by atoms with van der Waals surface area (Å²) in [5.74, 6) is -0.111. The van der Waals surface area contributed by atoms with Crippen LogP contribution in [0.4, 0.5) is 5.69 Å². The van der Waals surface area contributed by atoms with Crippen LogP contribution in [0.1, 0.15) is 5.56 Å². The molecule has 3 heteroatoms. The average molecular weight is 227 g/mol. The fourth-order valence-corrected chi connectivity index (χ4v) is 1.61. The van der Waals surface area contributed by atoms with Crippen molar-refractivity contribution in [2.24, 2.45) is 0 Å². The van der Waals surface area contributed by atoms with Crippen molar-refractivity contribution in [3.63, 3.8) is 0 Å². The lowest BCUT2D eigenvalue weighted by molar-refractivity contribution is -0.111. The number of para-hydroxylation sites is 1. The molecule has 0 heterocycles. The van der Waals surface area contributed by atoms with Crippen molar-refractivity contribution in [2.45, 2.75) is 6.92 Å². The predicted octanol–water partition coefficient (Wildman–Crippen LogP) is 2.77. The van der Waals surface area contributed by atoms with Gasteiger partial charge >= 0.3 is 0 Å². The maximum absolute atomic E-state index is 11.5. The van der Waals surface area contributed by atoms with E-state index in [9.17, 15) is 10.0 Å².